The standard InChI is InChI=1S/C14H8F6S3/c1-21-7-3-5(15)13(11(19)9(7)17)23-14-6(16)4-8(22-2)10(18)12(14)20/h3-4H,1-2H3. The van der Waals surface area contributed by atoms with Crippen molar-refractivity contribution in [3.8, 4) is 0 Å². The molecule has 0 aliphatic carbocycles. The van der Waals surface area contributed by atoms with E-state index in [1.54, 1.807) is 0 Å². The van der Waals surface area contributed by atoms with Gasteiger partial charge in [0.2, 0.25) is 0 Å². The van der Waals surface area contributed by atoms with Crippen LogP contribution >= 0.6 is 35.3 Å². The van der Waals surface area contributed by atoms with Crippen LogP contribution < -0.4 is 0 Å². The summed E-state index contributed by atoms with van der Waals surface area (Å²) in [7, 11) is 0. The third-order valence-corrected chi connectivity index (χ3v) is 5.44. The number of halogens is 6. The fraction of sp³-hybridized carbons (Fsp3) is 0.143. The van der Waals surface area contributed by atoms with Crippen molar-refractivity contribution in [3.05, 3.63) is 47.0 Å². The van der Waals surface area contributed by atoms with E-state index >= 15 is 0 Å². The number of rotatable bonds is 4. The fourth-order valence-electron chi connectivity index (χ4n) is 1.70. The molecular weight excluding hydrogens is 378 g/mol. The van der Waals surface area contributed by atoms with E-state index in [1.165, 1.54) is 12.5 Å². The maximum Gasteiger partial charge on any atom is 0.176 e. The average molecular weight is 386 g/mol. The van der Waals surface area contributed by atoms with Gasteiger partial charge in [0.1, 0.15) is 11.6 Å². The van der Waals surface area contributed by atoms with E-state index in [0.29, 0.717) is 12.1 Å². The van der Waals surface area contributed by atoms with Gasteiger partial charge in [0, 0.05) is 9.79 Å². The molecule has 0 unspecified atom stereocenters. The third-order valence-electron chi connectivity index (χ3n) is 2.81. The Morgan fingerprint density at radius 2 is 0.957 bits per heavy atom. The summed E-state index contributed by atoms with van der Waals surface area (Å²) >= 11 is 1.52. The molecule has 0 amide bonds. The zero-order valence-electron chi connectivity index (χ0n) is 11.6. The Bertz CT molecular complexity index is 700. The van der Waals surface area contributed by atoms with Crippen LogP contribution in [-0.4, -0.2) is 12.5 Å². The molecule has 2 aromatic rings. The van der Waals surface area contributed by atoms with E-state index in [2.05, 4.69) is 0 Å². The molecule has 0 radical (unpaired) electrons. The van der Waals surface area contributed by atoms with Crippen molar-refractivity contribution in [1.82, 2.24) is 0 Å². The van der Waals surface area contributed by atoms with Gasteiger partial charge in [0.25, 0.3) is 0 Å². The summed E-state index contributed by atoms with van der Waals surface area (Å²) < 4.78 is 83.0. The first kappa shape index (κ1) is 18.4. The van der Waals surface area contributed by atoms with Crippen molar-refractivity contribution < 1.29 is 26.3 Å². The van der Waals surface area contributed by atoms with Crippen LogP contribution in [0.25, 0.3) is 0 Å². The zero-order valence-corrected chi connectivity index (χ0v) is 14.1. The second kappa shape index (κ2) is 7.31. The topological polar surface area (TPSA) is 0 Å². The van der Waals surface area contributed by atoms with E-state index in [0.717, 1.165) is 23.5 Å². The van der Waals surface area contributed by atoms with Gasteiger partial charge in [0.05, 0.1) is 9.79 Å². The van der Waals surface area contributed by atoms with Gasteiger partial charge in [0.15, 0.2) is 23.3 Å². The Kier molecular flexibility index (Phi) is 5.85. The van der Waals surface area contributed by atoms with Crippen LogP contribution in [0.2, 0.25) is 0 Å². The smallest absolute Gasteiger partial charge is 0.176 e. The largest absolute Gasteiger partial charge is 0.206 e. The lowest BCUT2D eigenvalue weighted by molar-refractivity contribution is 0.444. The van der Waals surface area contributed by atoms with E-state index < -0.39 is 44.7 Å². The first-order valence-corrected chi connectivity index (χ1v) is 9.19. The summed E-state index contributed by atoms with van der Waals surface area (Å²) in [5.41, 5.74) is 0. The van der Waals surface area contributed by atoms with Crippen molar-refractivity contribution in [2.75, 3.05) is 12.5 Å². The molecule has 0 saturated heterocycles. The molecule has 0 aliphatic rings. The molecule has 2 aromatic carbocycles. The molecule has 0 aliphatic heterocycles. The van der Waals surface area contributed by atoms with Crippen LogP contribution in [-0.2, 0) is 0 Å². The first-order chi connectivity index (χ1) is 10.8. The van der Waals surface area contributed by atoms with Crippen molar-refractivity contribution in [2.45, 2.75) is 19.6 Å². The molecule has 23 heavy (non-hydrogen) atoms. The summed E-state index contributed by atoms with van der Waals surface area (Å²) in [6.07, 6.45) is 2.83. The van der Waals surface area contributed by atoms with Gasteiger partial charge in [-0.2, -0.15) is 0 Å². The lowest BCUT2D eigenvalue weighted by atomic mass is 10.3. The lowest BCUT2D eigenvalue weighted by Gasteiger charge is -2.11. The Balaban J connectivity index is 2.57. The zero-order chi connectivity index (χ0) is 17.3. The van der Waals surface area contributed by atoms with Gasteiger partial charge >= 0.3 is 0 Å². The summed E-state index contributed by atoms with van der Waals surface area (Å²) in [4.78, 5) is -2.44. The van der Waals surface area contributed by atoms with Crippen LogP contribution in [0.5, 0.6) is 0 Å². The van der Waals surface area contributed by atoms with Gasteiger partial charge in [-0.15, -0.1) is 23.5 Å². The molecule has 0 atom stereocenters. The molecule has 0 heterocycles. The highest BCUT2D eigenvalue weighted by atomic mass is 32.2. The molecule has 0 saturated carbocycles. The van der Waals surface area contributed by atoms with E-state index in [-0.39, 0.29) is 21.6 Å². The van der Waals surface area contributed by atoms with Crippen LogP contribution in [0.4, 0.5) is 26.3 Å². The number of benzene rings is 2. The number of thioether (sulfide) groups is 2. The maximum atomic E-state index is 13.9. The fourth-order valence-corrected chi connectivity index (χ4v) is 3.56. The third kappa shape index (κ3) is 3.46. The van der Waals surface area contributed by atoms with Crippen LogP contribution in [0, 0.1) is 34.9 Å². The Morgan fingerprint density at radius 3 is 1.26 bits per heavy atom. The van der Waals surface area contributed by atoms with Crippen molar-refractivity contribution in [1.29, 1.82) is 0 Å². The minimum atomic E-state index is -1.58. The number of hydrogen-bond donors (Lipinski definition) is 0. The average Bonchev–Trinajstić information content (AvgIpc) is 2.53. The lowest BCUT2D eigenvalue weighted by Crippen LogP contribution is -1.99. The normalized spacial score (nSPS) is 11.1. The number of hydrogen-bond acceptors (Lipinski definition) is 3. The van der Waals surface area contributed by atoms with Crippen LogP contribution in [0.15, 0.2) is 31.7 Å². The van der Waals surface area contributed by atoms with Crippen molar-refractivity contribution in [3.63, 3.8) is 0 Å². The molecule has 0 N–H and O–H groups in total. The van der Waals surface area contributed by atoms with Gasteiger partial charge in [-0.3, -0.25) is 0 Å². The Labute approximate surface area is 141 Å². The quantitative estimate of drug-likeness (QED) is 0.353. The van der Waals surface area contributed by atoms with Gasteiger partial charge in [-0.25, -0.2) is 26.3 Å². The molecule has 0 nitrogen and oxygen atoms in total. The highest BCUT2D eigenvalue weighted by molar-refractivity contribution is 7.99. The SMILES string of the molecule is CSc1cc(F)c(Sc2c(F)cc(SC)c(F)c2F)c(F)c1F. The molecule has 0 spiro atoms. The molecule has 0 bridgehead atoms. The summed E-state index contributed by atoms with van der Waals surface area (Å²) in [5, 5.41) is 0. The van der Waals surface area contributed by atoms with E-state index in [4.69, 9.17) is 0 Å². The molecule has 9 heteroatoms. The predicted octanol–water partition coefficient (Wildman–Crippen LogP) is 6.12. The highest BCUT2D eigenvalue weighted by Crippen LogP contribution is 2.40. The van der Waals surface area contributed by atoms with Gasteiger partial charge in [-0.05, 0) is 24.6 Å². The van der Waals surface area contributed by atoms with E-state index in [1.807, 2.05) is 0 Å². The second-order valence-electron chi connectivity index (χ2n) is 4.14. The summed E-state index contributed by atoms with van der Waals surface area (Å²) in [6, 6.07) is 1.43. The Morgan fingerprint density at radius 1 is 0.609 bits per heavy atom. The molecule has 2 rings (SSSR count). The van der Waals surface area contributed by atoms with Crippen LogP contribution in [0.3, 0.4) is 0 Å². The van der Waals surface area contributed by atoms with E-state index in [9.17, 15) is 26.3 Å². The van der Waals surface area contributed by atoms with Gasteiger partial charge < -0.3 is 0 Å². The second-order valence-corrected chi connectivity index (χ2v) is 6.85. The maximum absolute atomic E-state index is 13.9. The highest BCUT2D eigenvalue weighted by Gasteiger charge is 2.25. The minimum Gasteiger partial charge on any atom is -0.206 e. The molecular formula is C14H8F6S3. The van der Waals surface area contributed by atoms with Crippen LogP contribution in [0.1, 0.15) is 0 Å². The summed E-state index contributed by atoms with van der Waals surface area (Å²) in [6.45, 7) is 0. The predicted molar refractivity (Wildman–Crippen MR) is 80.3 cm³/mol. The Hall–Kier alpha value is -0.930. The van der Waals surface area contributed by atoms with Gasteiger partial charge in [-0.1, -0.05) is 11.8 Å². The molecule has 0 aromatic heterocycles. The van der Waals surface area contributed by atoms with Crippen molar-refractivity contribution >= 4 is 35.3 Å². The molecule has 124 valence electrons. The minimum absolute atomic E-state index is 0.0377. The summed E-state index contributed by atoms with van der Waals surface area (Å²) in [5.74, 6) is -8.19. The first-order valence-electron chi connectivity index (χ1n) is 5.92. The van der Waals surface area contributed by atoms with Crippen molar-refractivity contribution in [2.24, 2.45) is 0 Å². The monoisotopic (exact) mass is 386 g/mol. The molecule has 0 fully saturated rings.